The summed E-state index contributed by atoms with van der Waals surface area (Å²) < 4.78 is 4.90. The maximum atomic E-state index is 10.3. The number of rotatable bonds is 2. The van der Waals surface area contributed by atoms with Crippen LogP contribution in [0.2, 0.25) is 0 Å². The van der Waals surface area contributed by atoms with Crippen molar-refractivity contribution >= 4 is 6.29 Å². The van der Waals surface area contributed by atoms with Crippen molar-refractivity contribution in [1.29, 1.82) is 0 Å². The van der Waals surface area contributed by atoms with E-state index in [0.29, 0.717) is 11.3 Å². The van der Waals surface area contributed by atoms with E-state index >= 15 is 0 Å². The molecule has 0 aliphatic carbocycles. The molecule has 0 amide bonds. The van der Waals surface area contributed by atoms with Crippen LogP contribution in [0, 0.1) is 0 Å². The zero-order valence-electron chi connectivity index (χ0n) is 7.70. The standard InChI is InChI=1S/C8H8O2.Na.H/c1-10-8-5-3-2-4-7(8)6-9;;/h2-6H,1H3;;/q;+1;-1. The molecule has 2 nitrogen and oxygen atoms in total. The van der Waals surface area contributed by atoms with E-state index in [-0.39, 0.29) is 31.0 Å². The summed E-state index contributed by atoms with van der Waals surface area (Å²) in [5.41, 5.74) is 0.588. The Labute approximate surface area is 89.3 Å². The molecule has 0 heterocycles. The van der Waals surface area contributed by atoms with Gasteiger partial charge in [-0.2, -0.15) is 0 Å². The zero-order chi connectivity index (χ0) is 7.40. The van der Waals surface area contributed by atoms with Crippen LogP contribution in [-0.4, -0.2) is 13.4 Å². The van der Waals surface area contributed by atoms with Crippen molar-refractivity contribution in [3.05, 3.63) is 29.8 Å². The Morgan fingerprint density at radius 3 is 2.55 bits per heavy atom. The summed E-state index contributed by atoms with van der Waals surface area (Å²) in [4.78, 5) is 10.3. The first-order chi connectivity index (χ1) is 4.88. The van der Waals surface area contributed by atoms with Gasteiger partial charge in [0.15, 0.2) is 6.29 Å². The first-order valence-corrected chi connectivity index (χ1v) is 2.96. The van der Waals surface area contributed by atoms with Gasteiger partial charge in [0.05, 0.1) is 12.7 Å². The van der Waals surface area contributed by atoms with E-state index in [9.17, 15) is 4.79 Å². The minimum absolute atomic E-state index is 0. The van der Waals surface area contributed by atoms with Crippen LogP contribution in [0.3, 0.4) is 0 Å². The Kier molecular flexibility index (Phi) is 5.20. The maximum Gasteiger partial charge on any atom is 1.00 e. The largest absolute Gasteiger partial charge is 1.00 e. The van der Waals surface area contributed by atoms with Crippen LogP contribution in [0.15, 0.2) is 24.3 Å². The van der Waals surface area contributed by atoms with Crippen LogP contribution >= 0.6 is 0 Å². The Bertz CT molecular complexity index is 240. The molecule has 0 radical (unpaired) electrons. The first kappa shape index (κ1) is 10.7. The molecule has 0 saturated carbocycles. The number of methoxy groups -OCH3 is 1. The normalized spacial score (nSPS) is 8.09. The van der Waals surface area contributed by atoms with Gasteiger partial charge in [0, 0.05) is 0 Å². The number of ether oxygens (including phenoxy) is 1. The van der Waals surface area contributed by atoms with Crippen molar-refractivity contribution in [1.82, 2.24) is 0 Å². The Hall–Kier alpha value is -0.310. The molecule has 0 bridgehead atoms. The molecule has 1 aromatic carbocycles. The van der Waals surface area contributed by atoms with Crippen molar-refractivity contribution in [2.45, 2.75) is 0 Å². The van der Waals surface area contributed by atoms with Crippen molar-refractivity contribution in [2.24, 2.45) is 0 Å². The van der Waals surface area contributed by atoms with Crippen molar-refractivity contribution < 1.29 is 40.5 Å². The van der Waals surface area contributed by atoms with Gasteiger partial charge in [0.1, 0.15) is 5.75 Å². The number of carbonyl (C=O) groups excluding carboxylic acids is 1. The fraction of sp³-hybridized carbons (Fsp3) is 0.125. The Morgan fingerprint density at radius 2 is 2.09 bits per heavy atom. The molecule has 0 aliphatic heterocycles. The van der Waals surface area contributed by atoms with Crippen LogP contribution in [0.4, 0.5) is 0 Å². The number of hydrogen-bond donors (Lipinski definition) is 0. The molecule has 0 fully saturated rings. The molecule has 0 unspecified atom stereocenters. The predicted molar refractivity (Wildman–Crippen MR) is 39.5 cm³/mol. The van der Waals surface area contributed by atoms with Crippen LogP contribution < -0.4 is 34.3 Å². The SMILES string of the molecule is COc1ccccc1C=O.[H-].[Na+]. The second-order valence-corrected chi connectivity index (χ2v) is 1.86. The first-order valence-electron chi connectivity index (χ1n) is 2.96. The minimum Gasteiger partial charge on any atom is -1.00 e. The average molecular weight is 160 g/mol. The van der Waals surface area contributed by atoms with Gasteiger partial charge < -0.3 is 6.16 Å². The fourth-order valence-corrected chi connectivity index (χ4v) is 0.764. The van der Waals surface area contributed by atoms with Crippen LogP contribution in [0.1, 0.15) is 11.8 Å². The number of para-hydroxylation sites is 1. The quantitative estimate of drug-likeness (QED) is 0.394. The van der Waals surface area contributed by atoms with Gasteiger partial charge in [-0.15, -0.1) is 0 Å². The second kappa shape index (κ2) is 5.35. The third-order valence-electron chi connectivity index (χ3n) is 1.27. The van der Waals surface area contributed by atoms with Crippen LogP contribution in [0.5, 0.6) is 5.75 Å². The van der Waals surface area contributed by atoms with Gasteiger partial charge in [-0.05, 0) is 12.1 Å². The molecule has 54 valence electrons. The summed E-state index contributed by atoms with van der Waals surface area (Å²) in [6.45, 7) is 0. The Balaban J connectivity index is 0. The number of hydrogen-bond acceptors (Lipinski definition) is 2. The molecular formula is C8H9NaO2. The predicted octanol–water partition coefficient (Wildman–Crippen LogP) is -1.38. The third kappa shape index (κ3) is 2.66. The summed E-state index contributed by atoms with van der Waals surface area (Å²) >= 11 is 0. The second-order valence-electron chi connectivity index (χ2n) is 1.86. The Morgan fingerprint density at radius 1 is 1.45 bits per heavy atom. The molecular weight excluding hydrogens is 151 g/mol. The molecule has 1 rings (SSSR count). The van der Waals surface area contributed by atoms with Gasteiger partial charge in [0.2, 0.25) is 0 Å². The smallest absolute Gasteiger partial charge is 1.00 e. The van der Waals surface area contributed by atoms with E-state index in [2.05, 4.69) is 0 Å². The molecule has 0 saturated heterocycles. The molecule has 0 atom stereocenters. The van der Waals surface area contributed by atoms with Gasteiger partial charge in [-0.25, -0.2) is 0 Å². The van der Waals surface area contributed by atoms with Gasteiger partial charge >= 0.3 is 29.6 Å². The number of benzene rings is 1. The van der Waals surface area contributed by atoms with Crippen molar-refractivity contribution in [3.63, 3.8) is 0 Å². The number of carbonyl (C=O) groups is 1. The minimum atomic E-state index is 0. The van der Waals surface area contributed by atoms with Gasteiger partial charge in [-0.3, -0.25) is 4.79 Å². The molecule has 0 N–H and O–H groups in total. The zero-order valence-corrected chi connectivity index (χ0v) is 8.70. The maximum absolute atomic E-state index is 10.3. The van der Waals surface area contributed by atoms with E-state index in [1.54, 1.807) is 25.3 Å². The molecule has 1 aromatic rings. The van der Waals surface area contributed by atoms with Crippen LogP contribution in [-0.2, 0) is 0 Å². The molecule has 0 aliphatic rings. The molecule has 3 heteroatoms. The third-order valence-corrected chi connectivity index (χ3v) is 1.27. The van der Waals surface area contributed by atoms with E-state index in [0.717, 1.165) is 6.29 Å². The topological polar surface area (TPSA) is 26.3 Å². The summed E-state index contributed by atoms with van der Waals surface area (Å²) in [7, 11) is 1.54. The fourth-order valence-electron chi connectivity index (χ4n) is 0.764. The van der Waals surface area contributed by atoms with E-state index in [4.69, 9.17) is 4.74 Å². The molecule has 0 spiro atoms. The summed E-state index contributed by atoms with van der Waals surface area (Å²) in [6, 6.07) is 7.09. The monoisotopic (exact) mass is 160 g/mol. The van der Waals surface area contributed by atoms with E-state index in [1.807, 2.05) is 6.07 Å². The summed E-state index contributed by atoms with van der Waals surface area (Å²) in [5, 5.41) is 0. The van der Waals surface area contributed by atoms with Gasteiger partial charge in [0.25, 0.3) is 0 Å². The molecule has 11 heavy (non-hydrogen) atoms. The van der Waals surface area contributed by atoms with Crippen molar-refractivity contribution in [3.8, 4) is 5.75 Å². The summed E-state index contributed by atoms with van der Waals surface area (Å²) in [5.74, 6) is 0.623. The van der Waals surface area contributed by atoms with Gasteiger partial charge in [-0.1, -0.05) is 12.1 Å². The van der Waals surface area contributed by atoms with Crippen LogP contribution in [0.25, 0.3) is 0 Å². The molecule has 0 aromatic heterocycles. The van der Waals surface area contributed by atoms with Crippen molar-refractivity contribution in [2.75, 3.05) is 7.11 Å². The number of aldehydes is 1. The van der Waals surface area contributed by atoms with E-state index < -0.39 is 0 Å². The average Bonchev–Trinajstić information content (AvgIpc) is 2.04. The summed E-state index contributed by atoms with van der Waals surface area (Å²) in [6.07, 6.45) is 0.777. The van der Waals surface area contributed by atoms with E-state index in [1.165, 1.54) is 0 Å².